The van der Waals surface area contributed by atoms with Gasteiger partial charge >= 0.3 is 0 Å². The third kappa shape index (κ3) is 3.80. The number of hydrogen-bond acceptors (Lipinski definition) is 3. The molecule has 1 aliphatic heterocycles. The van der Waals surface area contributed by atoms with Crippen LogP contribution < -0.4 is 5.01 Å². The van der Waals surface area contributed by atoms with Gasteiger partial charge in [-0.15, -0.1) is 0 Å². The summed E-state index contributed by atoms with van der Waals surface area (Å²) in [5.41, 5.74) is 6.13. The Kier molecular flexibility index (Phi) is 5.20. The van der Waals surface area contributed by atoms with Gasteiger partial charge < -0.3 is 0 Å². The van der Waals surface area contributed by atoms with E-state index in [0.29, 0.717) is 17.8 Å². The van der Waals surface area contributed by atoms with Gasteiger partial charge in [-0.1, -0.05) is 46.3 Å². The molecule has 2 heterocycles. The predicted octanol–water partition coefficient (Wildman–Crippen LogP) is 5.12. The second-order valence-electron chi connectivity index (χ2n) is 7.06. The van der Waals surface area contributed by atoms with E-state index >= 15 is 0 Å². The maximum Gasteiger partial charge on any atom is 0.280 e. The third-order valence-electron chi connectivity index (χ3n) is 5.04. The topological polar surface area (TPSA) is 50.5 Å². The number of aromatic nitrogens is 2. The zero-order valence-corrected chi connectivity index (χ0v) is 18.1. The van der Waals surface area contributed by atoms with Gasteiger partial charge in [-0.05, 0) is 56.7 Å². The van der Waals surface area contributed by atoms with Crippen molar-refractivity contribution in [3.63, 3.8) is 0 Å². The molecular weight excluding hydrogens is 428 g/mol. The number of amides is 1. The van der Waals surface area contributed by atoms with Crippen LogP contribution in [-0.2, 0) is 11.3 Å². The minimum Gasteiger partial charge on any atom is -0.267 e. The number of carbonyl (C=O) groups excluding carboxylic acids is 1. The summed E-state index contributed by atoms with van der Waals surface area (Å²) in [5, 5.41) is 10.6. The summed E-state index contributed by atoms with van der Waals surface area (Å²) in [6.07, 6.45) is 1.92. The number of hydrazone groups is 1. The van der Waals surface area contributed by atoms with Crippen LogP contribution in [0.25, 0.3) is 6.08 Å². The molecule has 1 aromatic heterocycles. The number of anilines is 1. The quantitative estimate of drug-likeness (QED) is 0.520. The lowest BCUT2D eigenvalue weighted by Crippen LogP contribution is -2.21. The minimum atomic E-state index is -0.126. The Morgan fingerprint density at radius 2 is 1.69 bits per heavy atom. The smallest absolute Gasteiger partial charge is 0.267 e. The molecule has 4 rings (SSSR count). The van der Waals surface area contributed by atoms with E-state index in [1.54, 1.807) is 0 Å². The molecule has 146 valence electrons. The van der Waals surface area contributed by atoms with Crippen LogP contribution in [0, 0.1) is 13.8 Å². The number of benzene rings is 2. The van der Waals surface area contributed by atoms with Crippen LogP contribution in [-0.4, -0.2) is 21.4 Å². The van der Waals surface area contributed by atoms with E-state index in [9.17, 15) is 4.79 Å². The normalized spacial score (nSPS) is 15.3. The molecule has 0 saturated heterocycles. The highest BCUT2D eigenvalue weighted by Crippen LogP contribution is 2.27. The standard InChI is InChI=1S/C23H21BrN4O/c1-15-21(17(3)27(25-15)14-18-7-5-4-6-8-18)13-22-16(2)26-28(23(22)29)20-11-9-19(24)10-12-20/h4-13H,14H2,1-3H3/b22-13+. The molecule has 0 bridgehead atoms. The molecule has 29 heavy (non-hydrogen) atoms. The molecule has 1 aliphatic rings. The summed E-state index contributed by atoms with van der Waals surface area (Å²) in [6, 6.07) is 17.8. The van der Waals surface area contributed by atoms with Gasteiger partial charge in [0.05, 0.1) is 29.2 Å². The lowest BCUT2D eigenvalue weighted by atomic mass is 10.1. The van der Waals surface area contributed by atoms with Crippen molar-refractivity contribution >= 4 is 39.3 Å². The van der Waals surface area contributed by atoms with Crippen molar-refractivity contribution in [2.24, 2.45) is 5.10 Å². The highest BCUT2D eigenvalue weighted by atomic mass is 79.9. The highest BCUT2D eigenvalue weighted by Gasteiger charge is 2.29. The van der Waals surface area contributed by atoms with E-state index in [-0.39, 0.29) is 5.91 Å². The van der Waals surface area contributed by atoms with E-state index in [1.165, 1.54) is 10.6 Å². The molecule has 3 aromatic rings. The third-order valence-corrected chi connectivity index (χ3v) is 5.56. The van der Waals surface area contributed by atoms with Crippen LogP contribution in [0.1, 0.15) is 29.4 Å². The van der Waals surface area contributed by atoms with E-state index < -0.39 is 0 Å². The fourth-order valence-corrected chi connectivity index (χ4v) is 3.68. The number of nitrogens with zero attached hydrogens (tertiary/aromatic N) is 4. The molecule has 2 aromatic carbocycles. The molecular formula is C23H21BrN4O. The monoisotopic (exact) mass is 448 g/mol. The molecule has 0 N–H and O–H groups in total. The van der Waals surface area contributed by atoms with Crippen molar-refractivity contribution in [2.75, 3.05) is 5.01 Å². The van der Waals surface area contributed by atoms with Gasteiger partial charge in [0.25, 0.3) is 5.91 Å². The molecule has 0 spiro atoms. The molecule has 0 saturated carbocycles. The minimum absolute atomic E-state index is 0.126. The van der Waals surface area contributed by atoms with Crippen molar-refractivity contribution < 1.29 is 4.79 Å². The van der Waals surface area contributed by atoms with Crippen molar-refractivity contribution in [3.05, 3.63) is 87.2 Å². The van der Waals surface area contributed by atoms with Gasteiger partial charge in [-0.25, -0.2) is 0 Å². The molecule has 5 nitrogen and oxygen atoms in total. The van der Waals surface area contributed by atoms with Crippen LogP contribution in [0.15, 0.2) is 69.7 Å². The molecule has 0 radical (unpaired) electrons. The first-order valence-electron chi connectivity index (χ1n) is 9.39. The Morgan fingerprint density at radius 3 is 2.38 bits per heavy atom. The predicted molar refractivity (Wildman–Crippen MR) is 120 cm³/mol. The average molecular weight is 449 g/mol. The average Bonchev–Trinajstić information content (AvgIpc) is 3.14. The summed E-state index contributed by atoms with van der Waals surface area (Å²) in [4.78, 5) is 13.0. The molecule has 0 fully saturated rings. The molecule has 1 amide bonds. The Balaban J connectivity index is 1.65. The van der Waals surface area contributed by atoms with Gasteiger partial charge in [-0.2, -0.15) is 15.2 Å². The van der Waals surface area contributed by atoms with Gasteiger partial charge in [0, 0.05) is 15.7 Å². The molecule has 0 unspecified atom stereocenters. The van der Waals surface area contributed by atoms with Crippen molar-refractivity contribution in [2.45, 2.75) is 27.3 Å². The molecule has 0 aliphatic carbocycles. The summed E-state index contributed by atoms with van der Waals surface area (Å²) in [7, 11) is 0. The summed E-state index contributed by atoms with van der Waals surface area (Å²) in [6.45, 7) is 6.57. The molecule has 0 atom stereocenters. The molecule has 6 heteroatoms. The summed E-state index contributed by atoms with van der Waals surface area (Å²) in [5.74, 6) is -0.126. The number of aryl methyl sites for hydroxylation is 1. The zero-order chi connectivity index (χ0) is 20.5. The number of halogens is 1. The first-order valence-corrected chi connectivity index (χ1v) is 10.2. The fourth-order valence-electron chi connectivity index (χ4n) is 3.42. The number of carbonyl (C=O) groups is 1. The van der Waals surface area contributed by atoms with Crippen LogP contribution in [0.4, 0.5) is 5.69 Å². The summed E-state index contributed by atoms with van der Waals surface area (Å²) < 4.78 is 2.94. The Morgan fingerprint density at radius 1 is 1.00 bits per heavy atom. The number of hydrogen-bond donors (Lipinski definition) is 0. The van der Waals surface area contributed by atoms with Crippen molar-refractivity contribution in [1.29, 1.82) is 0 Å². The van der Waals surface area contributed by atoms with Gasteiger partial charge in [0.2, 0.25) is 0 Å². The number of rotatable bonds is 4. The lowest BCUT2D eigenvalue weighted by Gasteiger charge is -2.11. The second-order valence-corrected chi connectivity index (χ2v) is 7.98. The van der Waals surface area contributed by atoms with Gasteiger partial charge in [0.1, 0.15) is 0 Å². The largest absolute Gasteiger partial charge is 0.280 e. The Labute approximate surface area is 178 Å². The van der Waals surface area contributed by atoms with E-state index in [1.807, 2.05) is 74.0 Å². The first kappa shape index (κ1) is 19.3. The second kappa shape index (κ2) is 7.79. The van der Waals surface area contributed by atoms with Crippen LogP contribution >= 0.6 is 15.9 Å². The van der Waals surface area contributed by atoms with E-state index in [2.05, 4.69) is 38.3 Å². The lowest BCUT2D eigenvalue weighted by molar-refractivity contribution is -0.114. The summed E-state index contributed by atoms with van der Waals surface area (Å²) >= 11 is 3.42. The van der Waals surface area contributed by atoms with Crippen LogP contribution in [0.5, 0.6) is 0 Å². The zero-order valence-electron chi connectivity index (χ0n) is 16.6. The Hall–Kier alpha value is -2.99. The SMILES string of the molecule is CC1=NN(c2ccc(Br)cc2)C(=O)/C1=C/c1c(C)nn(Cc2ccccc2)c1C. The van der Waals surface area contributed by atoms with Crippen molar-refractivity contribution in [1.82, 2.24) is 9.78 Å². The van der Waals surface area contributed by atoms with E-state index in [0.717, 1.165) is 27.1 Å². The van der Waals surface area contributed by atoms with Gasteiger partial charge in [-0.3, -0.25) is 9.48 Å². The van der Waals surface area contributed by atoms with Crippen LogP contribution in [0.2, 0.25) is 0 Å². The Bertz CT molecular complexity index is 1130. The van der Waals surface area contributed by atoms with Crippen LogP contribution in [0.3, 0.4) is 0 Å². The maximum absolute atomic E-state index is 13.0. The first-order chi connectivity index (χ1) is 13.9. The van der Waals surface area contributed by atoms with Gasteiger partial charge in [0.15, 0.2) is 0 Å². The van der Waals surface area contributed by atoms with E-state index in [4.69, 9.17) is 0 Å². The fraction of sp³-hybridized carbons (Fsp3) is 0.174. The maximum atomic E-state index is 13.0. The highest BCUT2D eigenvalue weighted by molar-refractivity contribution is 9.10. The van der Waals surface area contributed by atoms with Crippen molar-refractivity contribution in [3.8, 4) is 0 Å².